The minimum atomic E-state index is -3.45. The van der Waals surface area contributed by atoms with Crippen molar-refractivity contribution in [1.82, 2.24) is 0 Å². The van der Waals surface area contributed by atoms with Gasteiger partial charge in [0.2, 0.25) is 5.83 Å². The Kier molecular flexibility index (Phi) is 4.04. The minimum absolute atomic E-state index is 0.0780. The maximum Gasteiger partial charge on any atom is 0.331 e. The molecule has 2 atom stereocenters. The average molecular weight is 318 g/mol. The van der Waals surface area contributed by atoms with Gasteiger partial charge in [-0.15, -0.1) is 4.43 Å². The zero-order valence-corrected chi connectivity index (χ0v) is 13.6. The molecule has 1 aliphatic carbocycles. The van der Waals surface area contributed by atoms with Gasteiger partial charge in [-0.2, -0.15) is 4.39 Å². The zero-order valence-electron chi connectivity index (χ0n) is 11.6. The lowest BCUT2D eigenvalue weighted by atomic mass is 10.1. The lowest BCUT2D eigenvalue weighted by Gasteiger charge is -2.06. The van der Waals surface area contributed by atoms with Crippen molar-refractivity contribution in [3.8, 4) is 0 Å². The van der Waals surface area contributed by atoms with Gasteiger partial charge in [0.05, 0.1) is 0 Å². The molecule has 0 radical (unpaired) electrons. The molecule has 0 amide bonds. The van der Waals surface area contributed by atoms with Crippen molar-refractivity contribution in [2.45, 2.75) is 25.6 Å². The van der Waals surface area contributed by atoms with Gasteiger partial charge in [0, 0.05) is 6.08 Å². The predicted octanol–water partition coefficient (Wildman–Crippen LogP) is 2.93. The molecule has 1 heterocycles. The summed E-state index contributed by atoms with van der Waals surface area (Å²) < 4.78 is 67.3. The maximum atomic E-state index is 12.7. The standard InChI is InChI=1S/C8H9.C6HF5O.Al.2H/c1-7-5-3-4-6-8(7)2;7-2-1-5(10)6(11,12-5)4(9)3(2)8;;;/h3-5H,1-2H3;1H;;;. The van der Waals surface area contributed by atoms with Gasteiger partial charge >= 0.3 is 11.7 Å². The average Bonchev–Trinajstić information content (AvgIpc) is 2.97. The van der Waals surface area contributed by atoms with E-state index in [9.17, 15) is 22.0 Å². The summed E-state index contributed by atoms with van der Waals surface area (Å²) in [5.74, 6) is -12.7. The number of hydrogen-bond acceptors (Lipinski definition) is 1. The van der Waals surface area contributed by atoms with Crippen LogP contribution in [0.15, 0.2) is 41.8 Å². The van der Waals surface area contributed by atoms with Crippen LogP contribution in [-0.4, -0.2) is 28.0 Å². The lowest BCUT2D eigenvalue weighted by molar-refractivity contribution is 0.143. The minimum Gasteiger partial charge on any atom is -0.289 e. The second-order valence-electron chi connectivity index (χ2n) is 4.98. The number of alkyl halides is 2. The van der Waals surface area contributed by atoms with Crippen LogP contribution < -0.4 is 4.43 Å². The molecule has 1 saturated heterocycles. The molecule has 1 aromatic rings. The number of fused-ring (bicyclic) bond motifs is 1. The molecule has 0 saturated carbocycles. The van der Waals surface area contributed by atoms with E-state index in [1.807, 2.05) is 0 Å². The summed E-state index contributed by atoms with van der Waals surface area (Å²) in [6, 6.07) is 6.50. The van der Waals surface area contributed by atoms with E-state index < -0.39 is 29.2 Å². The highest BCUT2D eigenvalue weighted by Crippen LogP contribution is 2.61. The Hall–Kier alpha value is -1.16. The first-order valence-electron chi connectivity index (χ1n) is 6.17. The Balaban J connectivity index is 0.000000161. The molecule has 3 rings (SSSR count). The Bertz CT molecular complexity index is 637. The lowest BCUT2D eigenvalue weighted by Crippen LogP contribution is -2.20. The van der Waals surface area contributed by atoms with E-state index in [0.29, 0.717) is 0 Å². The number of epoxide rings is 1. The van der Waals surface area contributed by atoms with E-state index in [0.717, 1.165) is 0 Å². The first kappa shape index (κ1) is 16.2. The number of aryl methyl sites for hydroxylation is 1. The summed E-state index contributed by atoms with van der Waals surface area (Å²) in [6.07, 6.45) is -0.0780. The van der Waals surface area contributed by atoms with E-state index >= 15 is 0 Å². The zero-order chi connectivity index (χ0) is 16.0. The van der Waals surface area contributed by atoms with E-state index in [-0.39, 0.29) is 6.08 Å². The van der Waals surface area contributed by atoms with Crippen LogP contribution in [0.5, 0.6) is 0 Å². The highest BCUT2D eigenvalue weighted by molar-refractivity contribution is 6.33. The SMILES string of the molecule is Cc1ccc[c]([AlH2])c1C.FC1=CC2(F)OC2(F)C(F)=C1F. The van der Waals surface area contributed by atoms with Crippen molar-refractivity contribution in [3.63, 3.8) is 0 Å². The van der Waals surface area contributed by atoms with Gasteiger partial charge in [0.15, 0.2) is 11.7 Å². The molecule has 2 unspecified atom stereocenters. The molecule has 0 bridgehead atoms. The number of halogens is 5. The number of allylic oxidation sites excluding steroid dienone is 2. The molecule has 112 valence electrons. The Morgan fingerprint density at radius 1 is 1.10 bits per heavy atom. The van der Waals surface area contributed by atoms with E-state index in [2.05, 4.69) is 36.8 Å². The molecule has 1 aromatic carbocycles. The van der Waals surface area contributed by atoms with Crippen LogP contribution in [0, 0.1) is 13.8 Å². The van der Waals surface area contributed by atoms with Gasteiger partial charge in [-0.25, -0.2) is 17.6 Å². The molecule has 1 fully saturated rings. The third kappa shape index (κ3) is 2.66. The molecule has 0 N–H and O–H groups in total. The summed E-state index contributed by atoms with van der Waals surface area (Å²) in [6.45, 7) is 4.36. The third-order valence-corrected chi connectivity index (χ3v) is 4.64. The number of hydrogen-bond donors (Lipinski definition) is 0. The van der Waals surface area contributed by atoms with Crippen LogP contribution in [0.25, 0.3) is 0 Å². The van der Waals surface area contributed by atoms with E-state index in [1.54, 1.807) is 0 Å². The fraction of sp³-hybridized carbons (Fsp3) is 0.286. The van der Waals surface area contributed by atoms with Crippen LogP contribution in [0.3, 0.4) is 0 Å². The normalized spacial score (nSPS) is 30.1. The molecule has 7 heteroatoms. The molecular formula is C14H12AlF5O. The van der Waals surface area contributed by atoms with Crippen LogP contribution in [0.2, 0.25) is 0 Å². The van der Waals surface area contributed by atoms with Gasteiger partial charge in [-0.3, -0.25) is 4.74 Å². The Morgan fingerprint density at radius 3 is 2.24 bits per heavy atom. The summed E-state index contributed by atoms with van der Waals surface area (Å²) in [5.41, 5.74) is 2.90. The summed E-state index contributed by atoms with van der Waals surface area (Å²) in [5, 5.41) is 0. The van der Waals surface area contributed by atoms with Crippen LogP contribution in [0.4, 0.5) is 22.0 Å². The van der Waals surface area contributed by atoms with Gasteiger partial charge in [-0.05, 0) is 19.4 Å². The van der Waals surface area contributed by atoms with E-state index in [4.69, 9.17) is 0 Å². The van der Waals surface area contributed by atoms with Crippen molar-refractivity contribution >= 4 is 20.7 Å². The molecule has 0 spiro atoms. The molecule has 21 heavy (non-hydrogen) atoms. The Labute approximate surface area is 126 Å². The molecule has 1 aliphatic heterocycles. The van der Waals surface area contributed by atoms with Crippen molar-refractivity contribution in [2.75, 3.05) is 0 Å². The van der Waals surface area contributed by atoms with Gasteiger partial charge in [0.25, 0.3) is 16.3 Å². The number of ether oxygens (including phenoxy) is 1. The topological polar surface area (TPSA) is 12.5 Å². The molecule has 0 aromatic heterocycles. The van der Waals surface area contributed by atoms with Crippen molar-refractivity contribution in [2.24, 2.45) is 0 Å². The molecule has 2 aliphatic rings. The van der Waals surface area contributed by atoms with Crippen molar-refractivity contribution in [3.05, 3.63) is 52.9 Å². The largest absolute Gasteiger partial charge is 0.331 e. The highest BCUT2D eigenvalue weighted by Gasteiger charge is 2.79. The summed E-state index contributed by atoms with van der Waals surface area (Å²) in [4.78, 5) is 0. The van der Waals surface area contributed by atoms with Gasteiger partial charge < -0.3 is 0 Å². The second-order valence-corrected chi connectivity index (χ2v) is 6.06. The van der Waals surface area contributed by atoms with Crippen LogP contribution >= 0.6 is 0 Å². The summed E-state index contributed by atoms with van der Waals surface area (Å²) >= 11 is 1.17. The molecule has 1 nitrogen and oxygen atoms in total. The van der Waals surface area contributed by atoms with Gasteiger partial charge in [0.1, 0.15) is 0 Å². The number of rotatable bonds is 0. The highest BCUT2D eigenvalue weighted by atomic mass is 27.0. The smallest absolute Gasteiger partial charge is 0.289 e. The predicted molar refractivity (Wildman–Crippen MR) is 71.3 cm³/mol. The first-order chi connectivity index (χ1) is 9.62. The quantitative estimate of drug-likeness (QED) is 0.407. The van der Waals surface area contributed by atoms with Crippen LogP contribution in [-0.2, 0) is 4.74 Å². The fourth-order valence-electron chi connectivity index (χ4n) is 1.87. The van der Waals surface area contributed by atoms with Crippen molar-refractivity contribution < 1.29 is 26.7 Å². The summed E-state index contributed by atoms with van der Waals surface area (Å²) in [7, 11) is 0. The second kappa shape index (κ2) is 5.24. The first-order valence-corrected chi connectivity index (χ1v) is 7.17. The van der Waals surface area contributed by atoms with E-state index in [1.165, 1.54) is 31.8 Å². The maximum absolute atomic E-state index is 12.7. The molecular weight excluding hydrogens is 306 g/mol. The fourth-order valence-corrected chi connectivity index (χ4v) is 2.45. The number of benzene rings is 1. The van der Waals surface area contributed by atoms with Crippen LogP contribution in [0.1, 0.15) is 11.1 Å². The van der Waals surface area contributed by atoms with Gasteiger partial charge in [-0.1, -0.05) is 23.8 Å². The monoisotopic (exact) mass is 318 g/mol. The van der Waals surface area contributed by atoms with Crippen molar-refractivity contribution in [1.29, 1.82) is 0 Å². The Morgan fingerprint density at radius 2 is 1.71 bits per heavy atom. The third-order valence-electron chi connectivity index (χ3n) is 3.56.